The first kappa shape index (κ1) is 17.2. The summed E-state index contributed by atoms with van der Waals surface area (Å²) in [7, 11) is -3.68. The van der Waals surface area contributed by atoms with E-state index in [0.29, 0.717) is 0 Å². The largest absolute Gasteiger partial charge is 0.475 e. The zero-order valence-electron chi connectivity index (χ0n) is 10.7. The minimum atomic E-state index is -3.68. The molecular formula is C10H18FO6P. The van der Waals surface area contributed by atoms with Gasteiger partial charge in [0, 0.05) is 0 Å². The smallest absolute Gasteiger partial charge is 0.461 e. The molecule has 0 heterocycles. The average molecular weight is 284 g/mol. The molecule has 0 unspecified atom stereocenters. The van der Waals surface area contributed by atoms with Crippen LogP contribution in [0, 0.1) is 0 Å². The van der Waals surface area contributed by atoms with Crippen molar-refractivity contribution in [3.8, 4) is 0 Å². The molecule has 6 nitrogen and oxygen atoms in total. The highest BCUT2D eigenvalue weighted by molar-refractivity contribution is 7.48. The van der Waals surface area contributed by atoms with Crippen LogP contribution in [0.1, 0.15) is 20.8 Å². The molecule has 0 radical (unpaired) electrons. The zero-order valence-corrected chi connectivity index (χ0v) is 11.6. The van der Waals surface area contributed by atoms with E-state index in [1.165, 1.54) is 0 Å². The van der Waals surface area contributed by atoms with Crippen molar-refractivity contribution in [1.29, 1.82) is 0 Å². The van der Waals surface area contributed by atoms with Crippen LogP contribution in [-0.2, 0) is 27.7 Å². The minimum Gasteiger partial charge on any atom is -0.461 e. The summed E-state index contributed by atoms with van der Waals surface area (Å²) in [5, 5.41) is 0. The van der Waals surface area contributed by atoms with Gasteiger partial charge in [0.05, 0.1) is 26.4 Å². The molecule has 0 bridgehead atoms. The SMILES string of the molecule is CCOC(=O)/C(F)=C\COP(=O)(OCC)OCC. The van der Waals surface area contributed by atoms with E-state index in [4.69, 9.17) is 13.6 Å². The molecule has 0 amide bonds. The van der Waals surface area contributed by atoms with Crippen LogP contribution in [0.15, 0.2) is 11.9 Å². The van der Waals surface area contributed by atoms with Gasteiger partial charge in [0.2, 0.25) is 5.83 Å². The van der Waals surface area contributed by atoms with Gasteiger partial charge in [0.1, 0.15) is 0 Å². The van der Waals surface area contributed by atoms with Gasteiger partial charge in [-0.25, -0.2) is 9.36 Å². The Balaban J connectivity index is 4.32. The Hall–Kier alpha value is -0.750. The number of phosphoric ester groups is 1. The number of rotatable bonds is 9. The first-order valence-corrected chi connectivity index (χ1v) is 7.01. The highest BCUT2D eigenvalue weighted by Gasteiger charge is 2.24. The van der Waals surface area contributed by atoms with Gasteiger partial charge in [0.25, 0.3) is 0 Å². The van der Waals surface area contributed by atoms with Gasteiger partial charge in [-0.15, -0.1) is 0 Å². The standard InChI is InChI=1S/C10H18FO6P/c1-4-14-10(12)9(11)7-8-17-18(13,15-5-2)16-6-3/h7H,4-6,8H2,1-3H3/b9-7+. The van der Waals surface area contributed by atoms with Gasteiger partial charge in [-0.2, -0.15) is 4.39 Å². The van der Waals surface area contributed by atoms with Crippen molar-refractivity contribution in [2.75, 3.05) is 26.4 Å². The quantitative estimate of drug-likeness (QED) is 0.368. The lowest BCUT2D eigenvalue weighted by molar-refractivity contribution is -0.140. The lowest BCUT2D eigenvalue weighted by Crippen LogP contribution is -2.06. The van der Waals surface area contributed by atoms with E-state index in [1.54, 1.807) is 20.8 Å². The third kappa shape index (κ3) is 6.86. The van der Waals surface area contributed by atoms with Crippen LogP contribution in [0.4, 0.5) is 4.39 Å². The Morgan fingerprint density at radius 2 is 1.67 bits per heavy atom. The van der Waals surface area contributed by atoms with Crippen LogP contribution in [0.2, 0.25) is 0 Å². The number of carbonyl (C=O) groups is 1. The van der Waals surface area contributed by atoms with E-state index >= 15 is 0 Å². The molecule has 106 valence electrons. The molecule has 0 atom stereocenters. The van der Waals surface area contributed by atoms with E-state index in [2.05, 4.69) is 4.74 Å². The molecule has 0 saturated carbocycles. The second-order valence-electron chi connectivity index (χ2n) is 2.85. The van der Waals surface area contributed by atoms with Crippen LogP contribution in [0.3, 0.4) is 0 Å². The van der Waals surface area contributed by atoms with E-state index < -0.39 is 26.2 Å². The van der Waals surface area contributed by atoms with Crippen molar-refractivity contribution in [1.82, 2.24) is 0 Å². The van der Waals surface area contributed by atoms with Crippen molar-refractivity contribution in [3.05, 3.63) is 11.9 Å². The van der Waals surface area contributed by atoms with Gasteiger partial charge in [-0.1, -0.05) is 0 Å². The Morgan fingerprint density at radius 1 is 1.11 bits per heavy atom. The van der Waals surface area contributed by atoms with Crippen LogP contribution >= 0.6 is 7.82 Å². The summed E-state index contributed by atoms with van der Waals surface area (Å²) < 4.78 is 43.6. The fraction of sp³-hybridized carbons (Fsp3) is 0.700. The second-order valence-corrected chi connectivity index (χ2v) is 4.52. The molecule has 0 rings (SSSR count). The van der Waals surface area contributed by atoms with Crippen LogP contribution in [-0.4, -0.2) is 32.4 Å². The number of carbonyl (C=O) groups excluding carboxylic acids is 1. The van der Waals surface area contributed by atoms with E-state index in [1.807, 2.05) is 0 Å². The van der Waals surface area contributed by atoms with Crippen LogP contribution in [0.5, 0.6) is 0 Å². The van der Waals surface area contributed by atoms with Gasteiger partial charge in [-0.05, 0) is 26.8 Å². The lowest BCUT2D eigenvalue weighted by atomic mass is 10.5. The topological polar surface area (TPSA) is 71.1 Å². The molecule has 0 aliphatic heterocycles. The lowest BCUT2D eigenvalue weighted by Gasteiger charge is -2.15. The fourth-order valence-corrected chi connectivity index (χ4v) is 2.03. The third-order valence-electron chi connectivity index (χ3n) is 1.54. The minimum absolute atomic E-state index is 0.0668. The summed E-state index contributed by atoms with van der Waals surface area (Å²) in [5.41, 5.74) is 0. The Morgan fingerprint density at radius 3 is 2.11 bits per heavy atom. The maximum Gasteiger partial charge on any atom is 0.475 e. The molecule has 0 aliphatic carbocycles. The normalized spacial score (nSPS) is 12.6. The van der Waals surface area contributed by atoms with E-state index in [-0.39, 0.29) is 19.8 Å². The summed E-state index contributed by atoms with van der Waals surface area (Å²) in [4.78, 5) is 10.9. The van der Waals surface area contributed by atoms with E-state index in [0.717, 1.165) is 6.08 Å². The monoisotopic (exact) mass is 284 g/mol. The molecular weight excluding hydrogens is 266 g/mol. The summed E-state index contributed by atoms with van der Waals surface area (Å²) in [6.45, 7) is 4.69. The molecule has 0 saturated heterocycles. The third-order valence-corrected chi connectivity index (χ3v) is 3.15. The molecule has 0 aromatic carbocycles. The molecule has 0 aromatic heterocycles. The molecule has 0 spiro atoms. The first-order chi connectivity index (χ1) is 8.49. The number of hydrogen-bond donors (Lipinski definition) is 0. The predicted molar refractivity (Wildman–Crippen MR) is 62.6 cm³/mol. The van der Waals surface area contributed by atoms with Crippen molar-refractivity contribution in [3.63, 3.8) is 0 Å². The second kappa shape index (κ2) is 9.22. The first-order valence-electron chi connectivity index (χ1n) is 5.55. The average Bonchev–Trinajstić information content (AvgIpc) is 2.29. The zero-order chi connectivity index (χ0) is 14.0. The number of halogens is 1. The molecule has 0 fully saturated rings. The Kier molecular flexibility index (Phi) is 8.83. The number of phosphoric acid groups is 1. The maximum atomic E-state index is 13.1. The van der Waals surface area contributed by atoms with Crippen molar-refractivity contribution in [2.45, 2.75) is 20.8 Å². The van der Waals surface area contributed by atoms with Gasteiger partial charge < -0.3 is 4.74 Å². The van der Waals surface area contributed by atoms with Crippen molar-refractivity contribution >= 4 is 13.8 Å². The summed E-state index contributed by atoms with van der Waals surface area (Å²) >= 11 is 0. The molecule has 0 aromatic rings. The van der Waals surface area contributed by atoms with Crippen molar-refractivity contribution in [2.24, 2.45) is 0 Å². The summed E-state index contributed by atoms with van der Waals surface area (Å²) in [5.74, 6) is -2.21. The Bertz CT molecular complexity index is 320. The van der Waals surface area contributed by atoms with Crippen molar-refractivity contribution < 1.29 is 32.1 Å². The molecule has 18 heavy (non-hydrogen) atoms. The summed E-state index contributed by atoms with van der Waals surface area (Å²) in [6, 6.07) is 0. The van der Waals surface area contributed by atoms with Gasteiger partial charge in [-0.3, -0.25) is 13.6 Å². The van der Waals surface area contributed by atoms with E-state index in [9.17, 15) is 13.8 Å². The number of hydrogen-bond acceptors (Lipinski definition) is 6. The summed E-state index contributed by atoms with van der Waals surface area (Å²) in [6.07, 6.45) is 0.808. The molecule has 0 aliphatic rings. The van der Waals surface area contributed by atoms with Gasteiger partial charge in [0.15, 0.2) is 0 Å². The number of esters is 1. The maximum absolute atomic E-state index is 13.1. The fourth-order valence-electron chi connectivity index (χ4n) is 0.913. The molecule has 8 heteroatoms. The molecule has 0 N–H and O–H groups in total. The number of ether oxygens (including phenoxy) is 1. The highest BCUT2D eigenvalue weighted by Crippen LogP contribution is 2.49. The van der Waals surface area contributed by atoms with Gasteiger partial charge >= 0.3 is 13.8 Å². The van der Waals surface area contributed by atoms with Crippen LogP contribution in [0.25, 0.3) is 0 Å². The van der Waals surface area contributed by atoms with Crippen LogP contribution < -0.4 is 0 Å². The Labute approximate surface area is 106 Å². The predicted octanol–water partition coefficient (Wildman–Crippen LogP) is 2.60. The highest BCUT2D eigenvalue weighted by atomic mass is 31.2.